The summed E-state index contributed by atoms with van der Waals surface area (Å²) in [6, 6.07) is 7.88. The van der Waals surface area contributed by atoms with E-state index in [4.69, 9.17) is 10.00 Å². The van der Waals surface area contributed by atoms with Crippen LogP contribution in [0.5, 0.6) is 5.75 Å². The average molecular weight is 268 g/mol. The minimum atomic E-state index is -3.42. The normalized spacial score (nSPS) is 12.7. The molecule has 6 heteroatoms. The lowest BCUT2D eigenvalue weighted by Crippen LogP contribution is -2.29. The number of nitrogens with zero attached hydrogens (tertiary/aromatic N) is 1. The molecule has 98 valence electrons. The van der Waals surface area contributed by atoms with Gasteiger partial charge in [-0.05, 0) is 31.5 Å². The molecule has 1 N–H and O–H groups in total. The van der Waals surface area contributed by atoms with Gasteiger partial charge in [0.25, 0.3) is 0 Å². The van der Waals surface area contributed by atoms with Gasteiger partial charge in [0.1, 0.15) is 11.8 Å². The number of nitrogens with one attached hydrogen (secondary N) is 1. The number of nitriles is 1. The van der Waals surface area contributed by atoms with Crippen molar-refractivity contribution in [1.29, 1.82) is 5.26 Å². The van der Waals surface area contributed by atoms with Gasteiger partial charge in [-0.15, -0.1) is 0 Å². The van der Waals surface area contributed by atoms with Crippen LogP contribution in [-0.4, -0.2) is 20.8 Å². The van der Waals surface area contributed by atoms with Crippen LogP contribution in [0.1, 0.15) is 25.5 Å². The van der Waals surface area contributed by atoms with Crippen LogP contribution < -0.4 is 9.46 Å². The molecule has 0 amide bonds. The van der Waals surface area contributed by atoms with Crippen molar-refractivity contribution in [3.63, 3.8) is 0 Å². The van der Waals surface area contributed by atoms with Gasteiger partial charge in [0.05, 0.1) is 18.4 Å². The van der Waals surface area contributed by atoms with E-state index >= 15 is 0 Å². The summed E-state index contributed by atoms with van der Waals surface area (Å²) >= 11 is 0. The topological polar surface area (TPSA) is 79.2 Å². The van der Waals surface area contributed by atoms with Crippen LogP contribution in [0.2, 0.25) is 0 Å². The Labute approximate surface area is 107 Å². The Bertz CT molecular complexity index is 534. The molecule has 1 unspecified atom stereocenters. The Kier molecular flexibility index (Phi) is 5.13. The van der Waals surface area contributed by atoms with Crippen LogP contribution in [0.15, 0.2) is 24.3 Å². The molecule has 1 aromatic carbocycles. The van der Waals surface area contributed by atoms with Crippen LogP contribution in [0.3, 0.4) is 0 Å². The molecule has 0 aliphatic carbocycles. The zero-order valence-corrected chi connectivity index (χ0v) is 11.2. The van der Waals surface area contributed by atoms with Crippen LogP contribution in [0.25, 0.3) is 0 Å². The predicted octanol–water partition coefficient (Wildman–Crippen LogP) is 1.59. The predicted molar refractivity (Wildman–Crippen MR) is 68.6 cm³/mol. The summed E-state index contributed by atoms with van der Waals surface area (Å²) in [5, 5.41) is 9.04. The van der Waals surface area contributed by atoms with Crippen molar-refractivity contribution in [3.05, 3.63) is 29.8 Å². The lowest BCUT2D eigenvalue weighted by Gasteiger charge is -2.12. The second-order valence-electron chi connectivity index (χ2n) is 3.59. The summed E-state index contributed by atoms with van der Waals surface area (Å²) < 4.78 is 30.6. The summed E-state index contributed by atoms with van der Waals surface area (Å²) in [5.41, 5.74) is 0.570. The van der Waals surface area contributed by atoms with Crippen molar-refractivity contribution in [2.75, 3.05) is 12.4 Å². The Morgan fingerprint density at radius 2 is 2.17 bits per heavy atom. The standard InChI is InChI=1S/C12H16N2O3S/c1-3-17-11-7-5-6-10(8-11)12(9-13)14-18(15,16)4-2/h5-8,12,14H,3-4H2,1-2H3. The maximum absolute atomic E-state index is 11.5. The van der Waals surface area contributed by atoms with Crippen molar-refractivity contribution in [3.8, 4) is 11.8 Å². The largest absolute Gasteiger partial charge is 0.494 e. The highest BCUT2D eigenvalue weighted by Crippen LogP contribution is 2.19. The van der Waals surface area contributed by atoms with Crippen molar-refractivity contribution >= 4 is 10.0 Å². The van der Waals surface area contributed by atoms with E-state index in [0.29, 0.717) is 17.9 Å². The zero-order valence-electron chi connectivity index (χ0n) is 10.4. The molecule has 0 spiro atoms. The number of hydrogen-bond donors (Lipinski definition) is 1. The van der Waals surface area contributed by atoms with Crippen molar-refractivity contribution in [2.45, 2.75) is 19.9 Å². The van der Waals surface area contributed by atoms with Gasteiger partial charge in [-0.1, -0.05) is 12.1 Å². The summed E-state index contributed by atoms with van der Waals surface area (Å²) in [6.45, 7) is 3.89. The molecule has 0 aliphatic rings. The van der Waals surface area contributed by atoms with E-state index < -0.39 is 16.1 Å². The molecular weight excluding hydrogens is 252 g/mol. The van der Waals surface area contributed by atoms with Crippen molar-refractivity contribution in [1.82, 2.24) is 4.72 Å². The van der Waals surface area contributed by atoms with E-state index in [0.717, 1.165) is 0 Å². The second-order valence-corrected chi connectivity index (χ2v) is 5.63. The molecule has 0 heterocycles. The lowest BCUT2D eigenvalue weighted by atomic mass is 10.1. The molecule has 0 saturated heterocycles. The first-order valence-corrected chi connectivity index (χ1v) is 7.30. The molecule has 0 bridgehead atoms. The van der Waals surface area contributed by atoms with Gasteiger partial charge in [-0.25, -0.2) is 8.42 Å². The Morgan fingerprint density at radius 1 is 1.44 bits per heavy atom. The number of sulfonamides is 1. The maximum atomic E-state index is 11.5. The fourth-order valence-corrected chi connectivity index (χ4v) is 2.10. The number of hydrogen-bond acceptors (Lipinski definition) is 4. The van der Waals surface area contributed by atoms with Crippen LogP contribution in [0, 0.1) is 11.3 Å². The summed E-state index contributed by atoms with van der Waals surface area (Å²) in [6.07, 6.45) is 0. The van der Waals surface area contributed by atoms with Gasteiger partial charge in [0.2, 0.25) is 10.0 Å². The fourth-order valence-electron chi connectivity index (χ4n) is 1.38. The minimum Gasteiger partial charge on any atom is -0.494 e. The third kappa shape index (κ3) is 4.02. The van der Waals surface area contributed by atoms with Crippen molar-refractivity contribution < 1.29 is 13.2 Å². The summed E-state index contributed by atoms with van der Waals surface area (Å²) in [4.78, 5) is 0. The van der Waals surface area contributed by atoms with Gasteiger partial charge < -0.3 is 4.74 Å². The Morgan fingerprint density at radius 3 is 2.72 bits per heavy atom. The molecule has 0 aliphatic heterocycles. The molecular formula is C12H16N2O3S. The molecule has 1 atom stereocenters. The maximum Gasteiger partial charge on any atom is 0.212 e. The molecule has 0 fully saturated rings. The number of benzene rings is 1. The molecule has 0 saturated carbocycles. The van der Waals surface area contributed by atoms with E-state index in [-0.39, 0.29) is 5.75 Å². The Balaban J connectivity index is 2.96. The molecule has 1 aromatic rings. The van der Waals surface area contributed by atoms with E-state index in [9.17, 15) is 8.42 Å². The molecule has 0 radical (unpaired) electrons. The third-order valence-electron chi connectivity index (χ3n) is 2.31. The molecule has 1 rings (SSSR count). The molecule has 5 nitrogen and oxygen atoms in total. The quantitative estimate of drug-likeness (QED) is 0.849. The van der Waals surface area contributed by atoms with E-state index in [2.05, 4.69) is 4.72 Å². The lowest BCUT2D eigenvalue weighted by molar-refractivity contribution is 0.339. The first-order chi connectivity index (χ1) is 8.52. The fraction of sp³-hybridized carbons (Fsp3) is 0.417. The molecule has 18 heavy (non-hydrogen) atoms. The average Bonchev–Trinajstić information content (AvgIpc) is 2.37. The van der Waals surface area contributed by atoms with Gasteiger partial charge in [-0.3, -0.25) is 0 Å². The monoisotopic (exact) mass is 268 g/mol. The first kappa shape index (κ1) is 14.5. The number of ether oxygens (including phenoxy) is 1. The van der Waals surface area contributed by atoms with Crippen LogP contribution >= 0.6 is 0 Å². The first-order valence-electron chi connectivity index (χ1n) is 5.64. The summed E-state index contributed by atoms with van der Waals surface area (Å²) in [5.74, 6) is 0.557. The SMILES string of the molecule is CCOc1cccc(C(C#N)NS(=O)(=O)CC)c1. The van der Waals surface area contributed by atoms with E-state index in [1.807, 2.05) is 13.0 Å². The highest BCUT2D eigenvalue weighted by molar-refractivity contribution is 7.89. The van der Waals surface area contributed by atoms with Crippen LogP contribution in [-0.2, 0) is 10.0 Å². The smallest absolute Gasteiger partial charge is 0.212 e. The van der Waals surface area contributed by atoms with Gasteiger partial charge in [0.15, 0.2) is 0 Å². The highest BCUT2D eigenvalue weighted by Gasteiger charge is 2.17. The van der Waals surface area contributed by atoms with E-state index in [1.54, 1.807) is 24.3 Å². The second kappa shape index (κ2) is 6.38. The minimum absolute atomic E-state index is 0.0592. The van der Waals surface area contributed by atoms with Crippen LogP contribution in [0.4, 0.5) is 0 Å². The van der Waals surface area contributed by atoms with Gasteiger partial charge in [-0.2, -0.15) is 9.98 Å². The highest BCUT2D eigenvalue weighted by atomic mass is 32.2. The Hall–Kier alpha value is -1.58. The van der Waals surface area contributed by atoms with Gasteiger partial charge >= 0.3 is 0 Å². The van der Waals surface area contributed by atoms with Gasteiger partial charge in [0, 0.05) is 0 Å². The third-order valence-corrected chi connectivity index (χ3v) is 3.66. The van der Waals surface area contributed by atoms with E-state index in [1.165, 1.54) is 6.92 Å². The summed E-state index contributed by atoms with van der Waals surface area (Å²) in [7, 11) is -3.42. The number of rotatable bonds is 6. The van der Waals surface area contributed by atoms with Crippen molar-refractivity contribution in [2.24, 2.45) is 0 Å². The molecule has 0 aromatic heterocycles. The zero-order chi connectivity index (χ0) is 13.6.